The van der Waals surface area contributed by atoms with Gasteiger partial charge < -0.3 is 4.57 Å². The van der Waals surface area contributed by atoms with Gasteiger partial charge in [-0.2, -0.15) is 0 Å². The molecule has 0 unspecified atom stereocenters. The minimum Gasteiger partial charge on any atom is -0.302 e. The number of rotatable bonds is 5. The first-order chi connectivity index (χ1) is 10.3. The first-order valence-electron chi connectivity index (χ1n) is 6.94. The Morgan fingerprint density at radius 1 is 1.10 bits per heavy atom. The van der Waals surface area contributed by atoms with Gasteiger partial charge >= 0.3 is 0 Å². The fourth-order valence-corrected chi connectivity index (χ4v) is 3.96. The normalized spacial score (nSPS) is 11.0. The summed E-state index contributed by atoms with van der Waals surface area (Å²) >= 11 is 3.51. The third kappa shape index (κ3) is 3.19. The third-order valence-corrected chi connectivity index (χ3v) is 5.24. The van der Waals surface area contributed by atoms with Crippen LogP contribution in [-0.4, -0.2) is 14.8 Å². The summed E-state index contributed by atoms with van der Waals surface area (Å²) in [6.07, 6.45) is 0. The molecule has 3 rings (SSSR count). The molecule has 0 aliphatic carbocycles. The Kier molecular flexibility index (Phi) is 4.41. The van der Waals surface area contributed by atoms with Crippen molar-refractivity contribution in [3.8, 4) is 10.7 Å². The number of hydrogen-bond acceptors (Lipinski definition) is 4. The monoisotopic (exact) mass is 315 g/mol. The highest BCUT2D eigenvalue weighted by Crippen LogP contribution is 2.30. The van der Waals surface area contributed by atoms with Crippen LogP contribution in [0.5, 0.6) is 0 Å². The number of benzene rings is 1. The van der Waals surface area contributed by atoms with Crippen LogP contribution in [0.3, 0.4) is 0 Å². The van der Waals surface area contributed by atoms with Crippen molar-refractivity contribution in [2.75, 3.05) is 0 Å². The van der Waals surface area contributed by atoms with Crippen LogP contribution >= 0.6 is 23.1 Å². The second-order valence-corrected chi connectivity index (χ2v) is 6.97. The van der Waals surface area contributed by atoms with Crippen molar-refractivity contribution >= 4 is 23.1 Å². The van der Waals surface area contributed by atoms with Crippen molar-refractivity contribution in [1.29, 1.82) is 0 Å². The van der Waals surface area contributed by atoms with E-state index in [9.17, 15) is 0 Å². The van der Waals surface area contributed by atoms with Gasteiger partial charge in [0.25, 0.3) is 0 Å². The van der Waals surface area contributed by atoms with Gasteiger partial charge in [0.15, 0.2) is 11.0 Å². The predicted octanol–water partition coefficient (Wildman–Crippen LogP) is 4.63. The summed E-state index contributed by atoms with van der Waals surface area (Å²) in [5, 5.41) is 9.74. The van der Waals surface area contributed by atoms with E-state index >= 15 is 0 Å². The maximum absolute atomic E-state index is 4.39. The number of aryl methyl sites for hydroxylation is 1. The SMILES string of the molecule is CCn1c(SCc2ccccc2)nnc1-c1ccc(C)s1. The Hall–Kier alpha value is -1.59. The summed E-state index contributed by atoms with van der Waals surface area (Å²) in [6, 6.07) is 14.7. The highest BCUT2D eigenvalue weighted by atomic mass is 32.2. The van der Waals surface area contributed by atoms with E-state index in [1.807, 2.05) is 6.07 Å². The second-order valence-electron chi connectivity index (χ2n) is 4.74. The van der Waals surface area contributed by atoms with E-state index in [4.69, 9.17) is 0 Å². The van der Waals surface area contributed by atoms with E-state index in [0.29, 0.717) is 0 Å². The Bertz CT molecular complexity index is 716. The van der Waals surface area contributed by atoms with E-state index < -0.39 is 0 Å². The van der Waals surface area contributed by atoms with Crippen LogP contribution in [0, 0.1) is 6.92 Å². The van der Waals surface area contributed by atoms with E-state index in [1.54, 1.807) is 23.1 Å². The van der Waals surface area contributed by atoms with Gasteiger partial charge in [0.1, 0.15) is 0 Å². The van der Waals surface area contributed by atoms with E-state index in [0.717, 1.165) is 23.3 Å². The molecule has 0 aliphatic heterocycles. The predicted molar refractivity (Wildman–Crippen MR) is 89.7 cm³/mol. The van der Waals surface area contributed by atoms with Gasteiger partial charge in [0.05, 0.1) is 4.88 Å². The lowest BCUT2D eigenvalue weighted by molar-refractivity contribution is 0.688. The summed E-state index contributed by atoms with van der Waals surface area (Å²) in [5.41, 5.74) is 1.31. The molecule has 0 radical (unpaired) electrons. The molecule has 0 atom stereocenters. The van der Waals surface area contributed by atoms with Gasteiger partial charge in [-0.15, -0.1) is 21.5 Å². The zero-order valence-corrected chi connectivity index (χ0v) is 13.7. The maximum Gasteiger partial charge on any atom is 0.191 e. The van der Waals surface area contributed by atoms with Gasteiger partial charge in [-0.1, -0.05) is 42.1 Å². The number of thioether (sulfide) groups is 1. The number of hydrogen-bond donors (Lipinski definition) is 0. The van der Waals surface area contributed by atoms with Crippen LogP contribution < -0.4 is 0 Å². The summed E-state index contributed by atoms with van der Waals surface area (Å²) in [5.74, 6) is 1.90. The number of nitrogens with zero attached hydrogens (tertiary/aromatic N) is 3. The highest BCUT2D eigenvalue weighted by molar-refractivity contribution is 7.98. The first-order valence-corrected chi connectivity index (χ1v) is 8.75. The van der Waals surface area contributed by atoms with Crippen LogP contribution in [0.15, 0.2) is 47.6 Å². The molecule has 0 bridgehead atoms. The molecule has 0 aliphatic rings. The molecular weight excluding hydrogens is 298 g/mol. The lowest BCUT2D eigenvalue weighted by Gasteiger charge is -2.06. The Morgan fingerprint density at radius 3 is 2.57 bits per heavy atom. The maximum atomic E-state index is 4.39. The molecule has 2 heterocycles. The standard InChI is InChI=1S/C16H17N3S2/c1-3-19-15(14-10-9-12(2)21-14)17-18-16(19)20-11-13-7-5-4-6-8-13/h4-10H,3,11H2,1-2H3. The molecule has 0 saturated carbocycles. The van der Waals surface area contributed by atoms with Gasteiger partial charge in [0, 0.05) is 17.2 Å². The van der Waals surface area contributed by atoms with Crippen LogP contribution in [0.2, 0.25) is 0 Å². The molecule has 1 aromatic carbocycles. The van der Waals surface area contributed by atoms with Crippen molar-refractivity contribution in [2.45, 2.75) is 31.3 Å². The zero-order chi connectivity index (χ0) is 14.7. The van der Waals surface area contributed by atoms with Crippen LogP contribution in [-0.2, 0) is 12.3 Å². The molecule has 5 heteroatoms. The van der Waals surface area contributed by atoms with Gasteiger partial charge in [-0.05, 0) is 31.5 Å². The summed E-state index contributed by atoms with van der Waals surface area (Å²) in [6.45, 7) is 5.14. The average molecular weight is 315 g/mol. The molecule has 3 aromatic rings. The quantitative estimate of drug-likeness (QED) is 0.643. The van der Waals surface area contributed by atoms with Crippen molar-refractivity contribution in [2.24, 2.45) is 0 Å². The first kappa shape index (κ1) is 14.4. The van der Waals surface area contributed by atoms with Crippen LogP contribution in [0.4, 0.5) is 0 Å². The smallest absolute Gasteiger partial charge is 0.191 e. The lowest BCUT2D eigenvalue weighted by Crippen LogP contribution is -1.99. The molecule has 3 nitrogen and oxygen atoms in total. The third-order valence-electron chi connectivity index (χ3n) is 3.20. The van der Waals surface area contributed by atoms with Gasteiger partial charge in [-0.3, -0.25) is 0 Å². The number of aromatic nitrogens is 3. The van der Waals surface area contributed by atoms with Gasteiger partial charge in [0.2, 0.25) is 0 Å². The van der Waals surface area contributed by atoms with Crippen LogP contribution in [0.25, 0.3) is 10.7 Å². The van der Waals surface area contributed by atoms with E-state index in [-0.39, 0.29) is 0 Å². The van der Waals surface area contributed by atoms with Crippen molar-refractivity contribution in [3.05, 3.63) is 52.9 Å². The number of thiophene rings is 1. The lowest BCUT2D eigenvalue weighted by atomic mass is 10.2. The van der Waals surface area contributed by atoms with Crippen LogP contribution in [0.1, 0.15) is 17.4 Å². The minimum absolute atomic E-state index is 0.885. The summed E-state index contributed by atoms with van der Waals surface area (Å²) in [7, 11) is 0. The van der Waals surface area contributed by atoms with Crippen molar-refractivity contribution in [3.63, 3.8) is 0 Å². The van der Waals surface area contributed by atoms with Crippen molar-refractivity contribution < 1.29 is 0 Å². The summed E-state index contributed by atoms with van der Waals surface area (Å²) < 4.78 is 2.19. The summed E-state index contributed by atoms with van der Waals surface area (Å²) in [4.78, 5) is 2.49. The molecule has 21 heavy (non-hydrogen) atoms. The van der Waals surface area contributed by atoms with Crippen molar-refractivity contribution in [1.82, 2.24) is 14.8 Å². The van der Waals surface area contributed by atoms with E-state index in [1.165, 1.54) is 15.3 Å². The molecule has 0 N–H and O–H groups in total. The topological polar surface area (TPSA) is 30.7 Å². The minimum atomic E-state index is 0.885. The largest absolute Gasteiger partial charge is 0.302 e. The zero-order valence-electron chi connectivity index (χ0n) is 12.1. The van der Waals surface area contributed by atoms with E-state index in [2.05, 4.69) is 65.0 Å². The second kappa shape index (κ2) is 6.45. The highest BCUT2D eigenvalue weighted by Gasteiger charge is 2.14. The average Bonchev–Trinajstić information content (AvgIpc) is 3.11. The molecule has 0 spiro atoms. The molecular formula is C16H17N3S2. The fourth-order valence-electron chi connectivity index (χ4n) is 2.14. The molecule has 0 amide bonds. The fraction of sp³-hybridized carbons (Fsp3) is 0.250. The molecule has 108 valence electrons. The Balaban J connectivity index is 1.82. The molecule has 0 saturated heterocycles. The Labute approximate surface area is 133 Å². The molecule has 0 fully saturated rings. The Morgan fingerprint density at radius 2 is 1.90 bits per heavy atom. The molecule has 2 aromatic heterocycles. The van der Waals surface area contributed by atoms with Gasteiger partial charge in [-0.25, -0.2) is 0 Å².